The minimum atomic E-state index is -0.554. The predicted octanol–water partition coefficient (Wildman–Crippen LogP) is 2.89. The highest BCUT2D eigenvalue weighted by Gasteiger charge is 2.24. The first kappa shape index (κ1) is 13.0. The maximum Gasteiger partial charge on any atom is 0.348 e. The molecule has 1 aromatic heterocycles. The maximum absolute atomic E-state index is 10.9. The third-order valence-electron chi connectivity index (χ3n) is 3.32. The van der Waals surface area contributed by atoms with Crippen molar-refractivity contribution >= 4 is 23.1 Å². The Labute approximate surface area is 110 Å². The summed E-state index contributed by atoms with van der Waals surface area (Å²) in [7, 11) is 0. The van der Waals surface area contributed by atoms with E-state index in [1.165, 1.54) is 12.7 Å². The summed E-state index contributed by atoms with van der Waals surface area (Å²) in [4.78, 5) is 17.9. The van der Waals surface area contributed by atoms with Crippen LogP contribution < -0.4 is 5.32 Å². The van der Waals surface area contributed by atoms with E-state index in [0.29, 0.717) is 12.5 Å². The summed E-state index contributed by atoms with van der Waals surface area (Å²) in [5.41, 5.74) is -0.245. The van der Waals surface area contributed by atoms with E-state index >= 15 is 0 Å². The number of rotatable bonds is 4. The Morgan fingerprint density at radius 1 is 1.56 bits per heavy atom. The molecular weight excluding hydrogens is 256 g/mol. The Hall–Kier alpha value is -1.43. The van der Waals surface area contributed by atoms with Crippen LogP contribution in [0.5, 0.6) is 0 Å². The second-order valence-corrected chi connectivity index (χ2v) is 5.14. The third kappa shape index (κ3) is 2.87. The van der Waals surface area contributed by atoms with Gasteiger partial charge in [-0.1, -0.05) is 24.9 Å². The second kappa shape index (κ2) is 5.48. The fourth-order valence-corrected chi connectivity index (χ4v) is 2.60. The standard InChI is InChI=1S/C11H15ClN4O2/c1-7-2-3-8(4-7)5-13-11-9(16(17)18)10(12)14-6-15-11/h6-8H,2-5H2,1H3,(H,13,14,15). The first-order valence-corrected chi connectivity index (χ1v) is 6.34. The van der Waals surface area contributed by atoms with E-state index in [-0.39, 0.29) is 16.7 Å². The topological polar surface area (TPSA) is 81.0 Å². The molecule has 1 saturated carbocycles. The van der Waals surface area contributed by atoms with Gasteiger partial charge >= 0.3 is 5.69 Å². The molecule has 0 amide bonds. The molecule has 7 heteroatoms. The van der Waals surface area contributed by atoms with E-state index < -0.39 is 4.92 Å². The number of hydrogen-bond donors (Lipinski definition) is 1. The molecule has 1 aromatic rings. The molecule has 1 aliphatic rings. The number of halogens is 1. The monoisotopic (exact) mass is 270 g/mol. The lowest BCUT2D eigenvalue weighted by molar-refractivity contribution is -0.384. The molecule has 2 rings (SSSR count). The van der Waals surface area contributed by atoms with E-state index in [0.717, 1.165) is 18.8 Å². The van der Waals surface area contributed by atoms with Gasteiger partial charge in [0.05, 0.1) is 4.92 Å². The first-order valence-electron chi connectivity index (χ1n) is 5.96. The van der Waals surface area contributed by atoms with Gasteiger partial charge in [-0.3, -0.25) is 10.1 Å². The SMILES string of the molecule is CC1CCC(CNc2ncnc(Cl)c2[N+](=O)[O-])C1. The van der Waals surface area contributed by atoms with E-state index in [2.05, 4.69) is 22.2 Å². The van der Waals surface area contributed by atoms with Crippen LogP contribution in [0.15, 0.2) is 6.33 Å². The van der Waals surface area contributed by atoms with Crippen LogP contribution in [0.3, 0.4) is 0 Å². The van der Waals surface area contributed by atoms with Gasteiger partial charge in [0.25, 0.3) is 0 Å². The number of anilines is 1. The zero-order valence-electron chi connectivity index (χ0n) is 10.1. The molecule has 6 nitrogen and oxygen atoms in total. The van der Waals surface area contributed by atoms with Crippen molar-refractivity contribution in [2.45, 2.75) is 26.2 Å². The highest BCUT2D eigenvalue weighted by Crippen LogP contribution is 2.32. The van der Waals surface area contributed by atoms with Gasteiger partial charge in [-0.25, -0.2) is 9.97 Å². The number of hydrogen-bond acceptors (Lipinski definition) is 5. The van der Waals surface area contributed by atoms with Crippen LogP contribution in [0.2, 0.25) is 5.15 Å². The van der Waals surface area contributed by atoms with Gasteiger partial charge in [0, 0.05) is 6.54 Å². The normalized spacial score (nSPS) is 23.0. The van der Waals surface area contributed by atoms with E-state index in [9.17, 15) is 10.1 Å². The van der Waals surface area contributed by atoms with Crippen molar-refractivity contribution in [1.29, 1.82) is 0 Å². The molecule has 98 valence electrons. The molecule has 1 fully saturated rings. The lowest BCUT2D eigenvalue weighted by Crippen LogP contribution is -2.14. The van der Waals surface area contributed by atoms with Crippen molar-refractivity contribution in [2.75, 3.05) is 11.9 Å². The van der Waals surface area contributed by atoms with Gasteiger partial charge < -0.3 is 5.32 Å². The second-order valence-electron chi connectivity index (χ2n) is 4.78. The zero-order chi connectivity index (χ0) is 13.1. The minimum absolute atomic E-state index is 0.128. The molecule has 1 aliphatic carbocycles. The summed E-state index contributed by atoms with van der Waals surface area (Å²) >= 11 is 5.71. The smallest absolute Gasteiger partial charge is 0.348 e. The van der Waals surface area contributed by atoms with Gasteiger partial charge in [0.2, 0.25) is 11.0 Å². The number of nitrogens with zero attached hydrogens (tertiary/aromatic N) is 3. The van der Waals surface area contributed by atoms with Crippen LogP contribution in [-0.2, 0) is 0 Å². The summed E-state index contributed by atoms with van der Waals surface area (Å²) in [6, 6.07) is 0. The van der Waals surface area contributed by atoms with Crippen LogP contribution in [0.25, 0.3) is 0 Å². The van der Waals surface area contributed by atoms with Gasteiger partial charge in [-0.05, 0) is 24.7 Å². The Bertz CT molecular complexity index is 455. The highest BCUT2D eigenvalue weighted by atomic mass is 35.5. The van der Waals surface area contributed by atoms with E-state index in [4.69, 9.17) is 11.6 Å². The summed E-state index contributed by atoms with van der Waals surface area (Å²) in [6.07, 6.45) is 4.76. The summed E-state index contributed by atoms with van der Waals surface area (Å²) in [6.45, 7) is 2.92. The quantitative estimate of drug-likeness (QED) is 0.517. The molecule has 1 N–H and O–H groups in total. The molecule has 0 saturated heterocycles. The van der Waals surface area contributed by atoms with Crippen molar-refractivity contribution in [2.24, 2.45) is 11.8 Å². The fourth-order valence-electron chi connectivity index (χ4n) is 2.40. The Kier molecular flexibility index (Phi) is 3.96. The van der Waals surface area contributed by atoms with Crippen LogP contribution in [0.1, 0.15) is 26.2 Å². The predicted molar refractivity (Wildman–Crippen MR) is 68.7 cm³/mol. The van der Waals surface area contributed by atoms with Gasteiger partial charge in [-0.2, -0.15) is 0 Å². The Balaban J connectivity index is 2.05. The van der Waals surface area contributed by atoms with E-state index in [1.807, 2.05) is 0 Å². The maximum atomic E-state index is 10.9. The molecule has 18 heavy (non-hydrogen) atoms. The van der Waals surface area contributed by atoms with Crippen LogP contribution in [0, 0.1) is 22.0 Å². The lowest BCUT2D eigenvalue weighted by Gasteiger charge is -2.11. The zero-order valence-corrected chi connectivity index (χ0v) is 10.9. The van der Waals surface area contributed by atoms with Crippen molar-refractivity contribution in [3.05, 3.63) is 21.6 Å². The van der Waals surface area contributed by atoms with Crippen molar-refractivity contribution in [3.63, 3.8) is 0 Å². The van der Waals surface area contributed by atoms with Crippen LogP contribution in [0.4, 0.5) is 11.5 Å². The average Bonchev–Trinajstić information content (AvgIpc) is 2.72. The lowest BCUT2D eigenvalue weighted by atomic mass is 10.1. The first-order chi connectivity index (χ1) is 8.58. The number of nitro groups is 1. The third-order valence-corrected chi connectivity index (χ3v) is 3.60. The van der Waals surface area contributed by atoms with Crippen molar-refractivity contribution in [1.82, 2.24) is 9.97 Å². The summed E-state index contributed by atoms with van der Waals surface area (Å²) in [5.74, 6) is 1.49. The molecule has 2 atom stereocenters. The molecular formula is C11H15ClN4O2. The largest absolute Gasteiger partial charge is 0.364 e. The summed E-state index contributed by atoms with van der Waals surface area (Å²) < 4.78 is 0. The van der Waals surface area contributed by atoms with E-state index in [1.54, 1.807) is 0 Å². The number of nitrogens with one attached hydrogen (secondary N) is 1. The molecule has 0 radical (unpaired) electrons. The average molecular weight is 271 g/mol. The highest BCUT2D eigenvalue weighted by molar-refractivity contribution is 6.31. The van der Waals surface area contributed by atoms with Crippen molar-refractivity contribution in [3.8, 4) is 0 Å². The minimum Gasteiger partial charge on any atom is -0.364 e. The Morgan fingerprint density at radius 2 is 2.33 bits per heavy atom. The summed E-state index contributed by atoms with van der Waals surface area (Å²) in [5, 5.41) is 13.8. The number of aromatic nitrogens is 2. The fraction of sp³-hybridized carbons (Fsp3) is 0.636. The van der Waals surface area contributed by atoms with Gasteiger partial charge in [0.15, 0.2) is 0 Å². The van der Waals surface area contributed by atoms with Gasteiger partial charge in [0.1, 0.15) is 6.33 Å². The molecule has 0 aliphatic heterocycles. The van der Waals surface area contributed by atoms with Crippen molar-refractivity contribution < 1.29 is 4.92 Å². The molecule has 1 heterocycles. The Morgan fingerprint density at radius 3 is 2.94 bits per heavy atom. The molecule has 0 spiro atoms. The molecule has 0 bridgehead atoms. The van der Waals surface area contributed by atoms with Crippen LogP contribution in [-0.4, -0.2) is 21.4 Å². The van der Waals surface area contributed by atoms with Crippen LogP contribution >= 0.6 is 11.6 Å². The molecule has 2 unspecified atom stereocenters. The van der Waals surface area contributed by atoms with Gasteiger partial charge in [-0.15, -0.1) is 0 Å². The molecule has 0 aromatic carbocycles.